The summed E-state index contributed by atoms with van der Waals surface area (Å²) in [4.78, 5) is 71.7. The molecule has 1 amide bonds. The minimum Gasteiger partial charge on any atom is -0.504 e. The molecule has 1 aromatic heterocycles. The molecule has 1 aromatic carbocycles. The van der Waals surface area contributed by atoms with Crippen LogP contribution < -0.4 is 11.1 Å². The van der Waals surface area contributed by atoms with Crippen LogP contribution in [-0.4, -0.2) is 74.9 Å². The third-order valence-electron chi connectivity index (χ3n) is 7.91. The van der Waals surface area contributed by atoms with E-state index in [0.29, 0.717) is 5.69 Å². The average molecular weight is 541 g/mol. The van der Waals surface area contributed by atoms with E-state index in [2.05, 4.69) is 10.3 Å². The number of benzene rings is 1. The van der Waals surface area contributed by atoms with Crippen LogP contribution in [-0.2, 0) is 25.6 Å². The number of halogens is 1. The maximum absolute atomic E-state index is 13.8. The van der Waals surface area contributed by atoms with Crippen molar-refractivity contribution in [2.75, 3.05) is 19.4 Å². The first-order valence-corrected chi connectivity index (χ1v) is 12.3. The summed E-state index contributed by atoms with van der Waals surface area (Å²) in [5.74, 6) is -11.4. The fraction of sp³-hybridized carbons (Fsp3) is 0.385. The van der Waals surface area contributed by atoms with E-state index in [9.17, 15) is 34.2 Å². The summed E-state index contributed by atoms with van der Waals surface area (Å²) in [5, 5.41) is 25.5. The lowest BCUT2D eigenvalue weighted by Crippen LogP contribution is -2.74. The summed E-state index contributed by atoms with van der Waals surface area (Å²) in [7, 11) is 3.05. The molecule has 0 saturated heterocycles. The van der Waals surface area contributed by atoms with Gasteiger partial charge in [0.15, 0.2) is 46.2 Å². The number of carbonyl (C=O) groups excluding carboxylic acids is 5. The molecule has 3 aliphatic carbocycles. The molecule has 1 heterocycles. The molecule has 0 aliphatic heterocycles. The topological polar surface area (TPSA) is 180 Å². The Morgan fingerprint density at radius 2 is 1.82 bits per heavy atom. The van der Waals surface area contributed by atoms with E-state index >= 15 is 0 Å². The number of nitrogens with zero attached hydrogens (tertiary/aromatic N) is 2. The molecule has 5 N–H and O–H groups in total. The Kier molecular flexibility index (Phi) is 6.13. The Morgan fingerprint density at radius 3 is 2.42 bits per heavy atom. The van der Waals surface area contributed by atoms with Gasteiger partial charge in [-0.2, -0.15) is 0 Å². The van der Waals surface area contributed by atoms with Crippen LogP contribution in [0.1, 0.15) is 22.3 Å². The third kappa shape index (κ3) is 3.57. The minimum atomic E-state index is -2.78. The third-order valence-corrected chi connectivity index (χ3v) is 8.22. The van der Waals surface area contributed by atoms with Crippen molar-refractivity contribution in [1.82, 2.24) is 9.88 Å². The number of amides is 1. The van der Waals surface area contributed by atoms with Gasteiger partial charge in [0.2, 0.25) is 5.91 Å². The summed E-state index contributed by atoms with van der Waals surface area (Å²) in [6.45, 7) is 0. The largest absolute Gasteiger partial charge is 0.504 e. The number of primary amides is 1. The molecular formula is C26H25ClN4O7. The maximum atomic E-state index is 13.8. The lowest BCUT2D eigenvalue weighted by molar-refractivity contribution is -0.181. The first kappa shape index (κ1) is 26.0. The van der Waals surface area contributed by atoms with Crippen molar-refractivity contribution in [2.24, 2.45) is 29.4 Å². The zero-order valence-electron chi connectivity index (χ0n) is 20.5. The highest BCUT2D eigenvalue weighted by Gasteiger charge is 2.69. The van der Waals surface area contributed by atoms with Crippen LogP contribution in [0.5, 0.6) is 5.75 Å². The molecule has 3 aliphatic rings. The SMILES string of the molecule is CN(C)[C@@H]1C(=O)C(C(N)=O)C(=O)[C@@]2(O)C(=O)C3C(=O)c4c(O)c(Nc5ccccc5)nc(Cl)c4C[C@H]3C[C@@H]12. The number of nitrogens with two attached hydrogens (primary N) is 1. The number of rotatable bonds is 4. The van der Waals surface area contributed by atoms with E-state index in [1.165, 1.54) is 19.0 Å². The van der Waals surface area contributed by atoms with Crippen molar-refractivity contribution in [1.29, 1.82) is 0 Å². The van der Waals surface area contributed by atoms with Gasteiger partial charge in [-0.25, -0.2) is 4.98 Å². The van der Waals surface area contributed by atoms with Crippen molar-refractivity contribution in [2.45, 2.75) is 24.5 Å². The van der Waals surface area contributed by atoms with Crippen LogP contribution >= 0.6 is 11.6 Å². The standard InChI is InChI=1S/C26H25ClN4O7/c1-31(2)17-13-9-10-8-12-15(20(34)25(30-23(12)27)29-11-6-4-3-5-7-11)18(32)14(10)21(35)26(13,38)22(36)16(19(17)33)24(28)37/h3-7,10,13-14,16-17,34,38H,8-9H2,1-2H3,(H2,28,37)(H,29,30)/t10-,13-,14?,16?,17-,26-/m0/s1. The fourth-order valence-electron chi connectivity index (χ4n) is 6.26. The maximum Gasteiger partial charge on any atom is 0.235 e. The molecule has 2 aromatic rings. The van der Waals surface area contributed by atoms with E-state index in [1.54, 1.807) is 30.3 Å². The first-order valence-electron chi connectivity index (χ1n) is 12.0. The lowest BCUT2D eigenvalue weighted by atomic mass is 9.52. The Labute approximate surface area is 222 Å². The number of ketones is 4. The number of aromatic hydroxyl groups is 1. The lowest BCUT2D eigenvalue weighted by Gasteiger charge is -2.52. The Hall–Kier alpha value is -3.67. The number of pyridine rings is 1. The molecule has 2 fully saturated rings. The molecule has 12 heteroatoms. The van der Waals surface area contributed by atoms with E-state index in [1.807, 2.05) is 0 Å². The van der Waals surface area contributed by atoms with E-state index in [4.69, 9.17) is 17.3 Å². The molecule has 38 heavy (non-hydrogen) atoms. The van der Waals surface area contributed by atoms with Crippen LogP contribution in [0.2, 0.25) is 5.15 Å². The smallest absolute Gasteiger partial charge is 0.235 e. The zero-order valence-corrected chi connectivity index (χ0v) is 21.2. The van der Waals surface area contributed by atoms with Gasteiger partial charge in [-0.05, 0) is 45.0 Å². The van der Waals surface area contributed by atoms with Crippen molar-refractivity contribution >= 4 is 52.1 Å². The number of anilines is 2. The monoisotopic (exact) mass is 540 g/mol. The van der Waals surface area contributed by atoms with Crippen LogP contribution in [0.25, 0.3) is 0 Å². The number of hydrogen-bond acceptors (Lipinski definition) is 10. The number of Topliss-reactive ketones (excluding diaryl/α,β-unsaturated/α-hetero) is 4. The second-order valence-corrected chi connectivity index (χ2v) is 10.6. The summed E-state index contributed by atoms with van der Waals surface area (Å²) in [6, 6.07) is 7.53. The summed E-state index contributed by atoms with van der Waals surface area (Å²) >= 11 is 6.45. The van der Waals surface area contributed by atoms with E-state index in [-0.39, 0.29) is 34.9 Å². The van der Waals surface area contributed by atoms with Crippen molar-refractivity contribution in [3.05, 3.63) is 46.6 Å². The Morgan fingerprint density at radius 1 is 1.16 bits per heavy atom. The second kappa shape index (κ2) is 8.97. The molecule has 0 bridgehead atoms. The Bertz CT molecular complexity index is 1410. The normalized spacial score (nSPS) is 30.5. The first-order chi connectivity index (χ1) is 17.9. The average Bonchev–Trinajstić information content (AvgIpc) is 2.84. The molecule has 0 spiro atoms. The quantitative estimate of drug-likeness (QED) is 0.318. The van der Waals surface area contributed by atoms with Gasteiger partial charge in [-0.1, -0.05) is 29.8 Å². The predicted molar refractivity (Wildman–Crippen MR) is 134 cm³/mol. The highest BCUT2D eigenvalue weighted by molar-refractivity contribution is 6.34. The molecule has 6 atom stereocenters. The number of aliphatic hydroxyl groups is 1. The zero-order chi connectivity index (χ0) is 27.7. The number of likely N-dealkylation sites (N-methyl/N-ethyl adjacent to an activating group) is 1. The van der Waals surface area contributed by atoms with Crippen molar-refractivity contribution in [3.8, 4) is 5.75 Å². The predicted octanol–water partition coefficient (Wildman–Crippen LogP) is 0.659. The van der Waals surface area contributed by atoms with Crippen LogP contribution in [0.3, 0.4) is 0 Å². The summed E-state index contributed by atoms with van der Waals surface area (Å²) in [5.41, 5.74) is 3.11. The molecule has 11 nitrogen and oxygen atoms in total. The number of aromatic nitrogens is 1. The Balaban J connectivity index is 1.61. The van der Waals surface area contributed by atoms with Crippen molar-refractivity contribution in [3.63, 3.8) is 0 Å². The fourth-order valence-corrected chi connectivity index (χ4v) is 6.52. The van der Waals surface area contributed by atoms with Gasteiger partial charge in [0.1, 0.15) is 5.15 Å². The highest BCUT2D eigenvalue weighted by Crippen LogP contribution is 2.52. The van der Waals surface area contributed by atoms with Gasteiger partial charge in [-0.15, -0.1) is 0 Å². The van der Waals surface area contributed by atoms with Crippen molar-refractivity contribution < 1.29 is 34.2 Å². The molecular weight excluding hydrogens is 516 g/mol. The van der Waals surface area contributed by atoms with Gasteiger partial charge in [0.25, 0.3) is 0 Å². The van der Waals surface area contributed by atoms with Gasteiger partial charge in [-0.3, -0.25) is 28.9 Å². The molecule has 5 rings (SSSR count). The summed E-state index contributed by atoms with van der Waals surface area (Å²) < 4.78 is 0. The van der Waals surface area contributed by atoms with Gasteiger partial charge >= 0.3 is 0 Å². The number of para-hydroxylation sites is 1. The second-order valence-electron chi connectivity index (χ2n) is 10.2. The van der Waals surface area contributed by atoms with Crippen LogP contribution in [0.4, 0.5) is 11.5 Å². The number of nitrogens with one attached hydrogen (secondary N) is 1. The number of hydrogen-bond donors (Lipinski definition) is 4. The molecule has 2 unspecified atom stereocenters. The molecule has 198 valence electrons. The molecule has 0 radical (unpaired) electrons. The van der Waals surface area contributed by atoms with Crippen LogP contribution in [0.15, 0.2) is 30.3 Å². The van der Waals surface area contributed by atoms with Gasteiger partial charge < -0.3 is 21.3 Å². The van der Waals surface area contributed by atoms with Gasteiger partial charge in [0, 0.05) is 17.2 Å². The summed E-state index contributed by atoms with van der Waals surface area (Å²) in [6.07, 6.45) is -0.0259. The number of fused-ring (bicyclic) bond motifs is 3. The van der Waals surface area contributed by atoms with Gasteiger partial charge in [0.05, 0.1) is 17.5 Å². The van der Waals surface area contributed by atoms with E-state index in [0.717, 1.165) is 0 Å². The highest BCUT2D eigenvalue weighted by atomic mass is 35.5. The minimum absolute atomic E-state index is 0.0385. The van der Waals surface area contributed by atoms with Crippen LogP contribution in [0, 0.1) is 23.7 Å². The van der Waals surface area contributed by atoms with E-state index < -0.39 is 70.1 Å². The molecule has 2 saturated carbocycles. The number of carbonyl (C=O) groups is 5.